The fourth-order valence-electron chi connectivity index (χ4n) is 3.53. The summed E-state index contributed by atoms with van der Waals surface area (Å²) >= 11 is 1.81. The van der Waals surface area contributed by atoms with Gasteiger partial charge in [-0.05, 0) is 18.6 Å². The molecule has 122 valence electrons. The molecule has 2 aliphatic rings. The molecule has 2 fully saturated rings. The molecule has 2 aromatic heterocycles. The molecular formula is C17H23N5S. The molecule has 0 amide bonds. The van der Waals surface area contributed by atoms with Crippen LogP contribution in [-0.4, -0.2) is 65.1 Å². The van der Waals surface area contributed by atoms with Crippen molar-refractivity contribution >= 4 is 11.3 Å². The highest BCUT2D eigenvalue weighted by atomic mass is 32.1. The van der Waals surface area contributed by atoms with Crippen LogP contribution in [0.15, 0.2) is 30.7 Å². The van der Waals surface area contributed by atoms with Crippen molar-refractivity contribution in [3.8, 4) is 10.6 Å². The van der Waals surface area contributed by atoms with Gasteiger partial charge in [0.25, 0.3) is 0 Å². The molecule has 4 rings (SSSR count). The monoisotopic (exact) mass is 329 g/mol. The lowest BCUT2D eigenvalue weighted by atomic mass is 10.2. The van der Waals surface area contributed by atoms with Gasteiger partial charge in [0.2, 0.25) is 0 Å². The summed E-state index contributed by atoms with van der Waals surface area (Å²) in [5.41, 5.74) is 1.16. The maximum atomic E-state index is 4.58. The number of pyridine rings is 1. The molecule has 0 bridgehead atoms. The number of likely N-dealkylation sites (tertiary alicyclic amines) is 1. The molecular weight excluding hydrogens is 306 g/mol. The number of aromatic nitrogens is 2. The second kappa shape index (κ2) is 7.05. The first-order valence-corrected chi connectivity index (χ1v) is 9.22. The summed E-state index contributed by atoms with van der Waals surface area (Å²) in [6, 6.07) is 4.79. The van der Waals surface area contributed by atoms with E-state index in [9.17, 15) is 0 Å². The van der Waals surface area contributed by atoms with Gasteiger partial charge in [-0.3, -0.25) is 14.8 Å². The van der Waals surface area contributed by atoms with E-state index in [-0.39, 0.29) is 0 Å². The molecule has 0 saturated carbocycles. The fraction of sp³-hybridized carbons (Fsp3) is 0.529. The minimum Gasteiger partial charge on any atom is -0.314 e. The van der Waals surface area contributed by atoms with Crippen molar-refractivity contribution in [2.45, 2.75) is 19.0 Å². The van der Waals surface area contributed by atoms with Gasteiger partial charge in [0.1, 0.15) is 5.01 Å². The van der Waals surface area contributed by atoms with E-state index in [0.717, 1.165) is 36.2 Å². The fourth-order valence-corrected chi connectivity index (χ4v) is 4.49. The first kappa shape index (κ1) is 15.2. The van der Waals surface area contributed by atoms with Crippen molar-refractivity contribution in [3.05, 3.63) is 35.6 Å². The first-order valence-electron chi connectivity index (χ1n) is 8.41. The van der Waals surface area contributed by atoms with Crippen LogP contribution in [0, 0.1) is 0 Å². The van der Waals surface area contributed by atoms with E-state index in [4.69, 9.17) is 0 Å². The highest BCUT2D eigenvalue weighted by Crippen LogP contribution is 2.26. The van der Waals surface area contributed by atoms with Gasteiger partial charge in [-0.1, -0.05) is 0 Å². The first-order chi connectivity index (χ1) is 11.4. The number of nitrogens with zero attached hydrogens (tertiary/aromatic N) is 4. The van der Waals surface area contributed by atoms with Gasteiger partial charge >= 0.3 is 0 Å². The zero-order valence-electron chi connectivity index (χ0n) is 13.3. The number of rotatable bonds is 4. The van der Waals surface area contributed by atoms with Gasteiger partial charge in [-0.2, -0.15) is 0 Å². The highest BCUT2D eigenvalue weighted by molar-refractivity contribution is 7.15. The third kappa shape index (κ3) is 3.61. The van der Waals surface area contributed by atoms with Crippen LogP contribution >= 0.6 is 11.3 Å². The molecule has 2 saturated heterocycles. The lowest BCUT2D eigenvalue weighted by molar-refractivity contribution is 0.170. The van der Waals surface area contributed by atoms with Crippen molar-refractivity contribution in [1.29, 1.82) is 0 Å². The molecule has 1 N–H and O–H groups in total. The lowest BCUT2D eigenvalue weighted by Crippen LogP contribution is -2.49. The van der Waals surface area contributed by atoms with Crippen LogP contribution in [0.1, 0.15) is 11.3 Å². The van der Waals surface area contributed by atoms with Crippen molar-refractivity contribution in [1.82, 2.24) is 25.1 Å². The van der Waals surface area contributed by atoms with Crippen molar-refractivity contribution < 1.29 is 0 Å². The Kier molecular flexibility index (Phi) is 4.66. The van der Waals surface area contributed by atoms with Crippen LogP contribution < -0.4 is 5.32 Å². The zero-order valence-corrected chi connectivity index (χ0v) is 14.1. The molecule has 2 aliphatic heterocycles. The summed E-state index contributed by atoms with van der Waals surface area (Å²) < 4.78 is 0. The van der Waals surface area contributed by atoms with Crippen LogP contribution in [0.4, 0.5) is 0 Å². The van der Waals surface area contributed by atoms with Gasteiger partial charge in [-0.15, -0.1) is 11.3 Å². The minimum atomic E-state index is 0.740. The quantitative estimate of drug-likeness (QED) is 0.925. The molecule has 0 aromatic carbocycles. The zero-order chi connectivity index (χ0) is 15.5. The molecule has 0 radical (unpaired) electrons. The Bertz CT molecular complexity index is 623. The third-order valence-corrected chi connectivity index (χ3v) is 5.81. The van der Waals surface area contributed by atoms with E-state index < -0.39 is 0 Å². The van der Waals surface area contributed by atoms with Crippen LogP contribution in [0.5, 0.6) is 0 Å². The average molecular weight is 329 g/mol. The van der Waals surface area contributed by atoms with E-state index in [0.29, 0.717) is 0 Å². The largest absolute Gasteiger partial charge is 0.314 e. The van der Waals surface area contributed by atoms with E-state index in [1.54, 1.807) is 11.3 Å². The molecule has 5 nitrogen and oxygen atoms in total. The van der Waals surface area contributed by atoms with Gasteiger partial charge in [0.05, 0.1) is 0 Å². The predicted molar refractivity (Wildman–Crippen MR) is 93.5 cm³/mol. The van der Waals surface area contributed by atoms with E-state index in [2.05, 4.69) is 25.1 Å². The topological polar surface area (TPSA) is 44.3 Å². The van der Waals surface area contributed by atoms with Gasteiger partial charge in [0.15, 0.2) is 0 Å². The minimum absolute atomic E-state index is 0.740. The lowest BCUT2D eigenvalue weighted by Gasteiger charge is -2.32. The molecule has 4 heterocycles. The summed E-state index contributed by atoms with van der Waals surface area (Å²) in [5, 5.41) is 4.54. The summed E-state index contributed by atoms with van der Waals surface area (Å²) in [4.78, 5) is 15.3. The number of nitrogens with one attached hydrogen (secondary N) is 1. The Morgan fingerprint density at radius 2 is 2.00 bits per heavy atom. The normalized spacial score (nSPS) is 23.4. The van der Waals surface area contributed by atoms with Crippen molar-refractivity contribution in [2.75, 3.05) is 39.3 Å². The number of hydrogen-bond donors (Lipinski definition) is 1. The number of thiazole rings is 1. The molecule has 1 unspecified atom stereocenters. The SMILES string of the molecule is c1cc(-c2ncc(CN3CCC(N4CCNCC4)C3)s2)ccn1. The van der Waals surface area contributed by atoms with E-state index in [1.807, 2.05) is 30.7 Å². The summed E-state index contributed by atoms with van der Waals surface area (Å²) in [6.45, 7) is 8.11. The van der Waals surface area contributed by atoms with Gasteiger partial charge in [0, 0.05) is 80.9 Å². The maximum Gasteiger partial charge on any atom is 0.123 e. The maximum absolute atomic E-state index is 4.58. The molecule has 1 atom stereocenters. The third-order valence-electron chi connectivity index (χ3n) is 4.78. The average Bonchev–Trinajstić information content (AvgIpc) is 3.27. The molecule has 6 heteroatoms. The highest BCUT2D eigenvalue weighted by Gasteiger charge is 2.28. The summed E-state index contributed by atoms with van der Waals surface area (Å²) in [6.07, 6.45) is 7.00. The Morgan fingerprint density at radius 3 is 2.83 bits per heavy atom. The molecule has 2 aromatic rings. The second-order valence-electron chi connectivity index (χ2n) is 6.33. The van der Waals surface area contributed by atoms with Gasteiger partial charge in [-0.25, -0.2) is 4.98 Å². The van der Waals surface area contributed by atoms with Crippen molar-refractivity contribution in [2.24, 2.45) is 0 Å². The Labute approximate surface area is 141 Å². The number of piperazine rings is 1. The van der Waals surface area contributed by atoms with Crippen LogP contribution in [0.2, 0.25) is 0 Å². The van der Waals surface area contributed by atoms with Crippen molar-refractivity contribution in [3.63, 3.8) is 0 Å². The second-order valence-corrected chi connectivity index (χ2v) is 7.45. The van der Waals surface area contributed by atoms with Crippen LogP contribution in [-0.2, 0) is 6.54 Å². The smallest absolute Gasteiger partial charge is 0.123 e. The summed E-state index contributed by atoms with van der Waals surface area (Å²) in [5.74, 6) is 0. The van der Waals surface area contributed by atoms with Gasteiger partial charge < -0.3 is 5.32 Å². The van der Waals surface area contributed by atoms with E-state index in [1.165, 1.54) is 37.5 Å². The predicted octanol–water partition coefficient (Wildman–Crippen LogP) is 1.68. The van der Waals surface area contributed by atoms with Crippen LogP contribution in [0.25, 0.3) is 10.6 Å². The number of hydrogen-bond acceptors (Lipinski definition) is 6. The standard InChI is InChI=1S/C17H23N5S/c1-4-18-5-2-14(1)17-20-11-16(23-17)13-21-8-3-15(12-21)22-9-6-19-7-10-22/h1-2,4-5,11,15,19H,3,6-10,12-13H2. The molecule has 0 aliphatic carbocycles. The van der Waals surface area contributed by atoms with E-state index >= 15 is 0 Å². The Hall–Kier alpha value is -1.34. The Balaban J connectivity index is 1.35. The molecule has 0 spiro atoms. The molecule has 23 heavy (non-hydrogen) atoms. The Morgan fingerprint density at radius 1 is 1.17 bits per heavy atom. The van der Waals surface area contributed by atoms with Crippen LogP contribution in [0.3, 0.4) is 0 Å². The summed E-state index contributed by atoms with van der Waals surface area (Å²) in [7, 11) is 0.